The molecular weight excluding hydrogens is 424 g/mol. The van der Waals surface area contributed by atoms with E-state index >= 15 is 0 Å². The second kappa shape index (κ2) is 8.24. The van der Waals surface area contributed by atoms with Crippen molar-refractivity contribution < 1.29 is 17.9 Å². The average molecular weight is 449 g/mol. The van der Waals surface area contributed by atoms with Crippen LogP contribution in [0.1, 0.15) is 35.3 Å². The lowest BCUT2D eigenvalue weighted by atomic mass is 9.76. The fraction of sp³-hybridized carbons (Fsp3) is 0.200. The van der Waals surface area contributed by atoms with Crippen molar-refractivity contribution in [1.82, 2.24) is 0 Å². The fourth-order valence-corrected chi connectivity index (χ4v) is 5.00. The molecule has 1 N–H and O–H groups in total. The van der Waals surface area contributed by atoms with Crippen LogP contribution in [0.5, 0.6) is 0 Å². The van der Waals surface area contributed by atoms with Crippen molar-refractivity contribution in [3.05, 3.63) is 89.5 Å². The number of anilines is 1. The zero-order valence-corrected chi connectivity index (χ0v) is 18.9. The number of fused-ring (bicyclic) bond motifs is 1. The number of benzene rings is 3. The number of hydrogen-bond acceptors (Lipinski definition) is 5. The van der Waals surface area contributed by atoms with Crippen LogP contribution in [0.4, 0.5) is 11.4 Å². The summed E-state index contributed by atoms with van der Waals surface area (Å²) in [5.41, 5.74) is 3.89. The van der Waals surface area contributed by atoms with Crippen LogP contribution < -0.4 is 4.72 Å². The first-order chi connectivity index (χ1) is 15.2. The zero-order valence-electron chi connectivity index (χ0n) is 18.1. The Labute approximate surface area is 188 Å². The van der Waals surface area contributed by atoms with E-state index in [1.165, 1.54) is 7.11 Å². The number of nitrogens with one attached hydrogen (secondary N) is 1. The highest BCUT2D eigenvalue weighted by Gasteiger charge is 2.32. The lowest BCUT2D eigenvalue weighted by molar-refractivity contribution is 0.0600. The number of ether oxygens (including phenoxy) is 1. The molecule has 3 aromatic rings. The van der Waals surface area contributed by atoms with Gasteiger partial charge in [0, 0.05) is 11.1 Å². The summed E-state index contributed by atoms with van der Waals surface area (Å²) in [5, 5.41) is 0. The van der Waals surface area contributed by atoms with Crippen molar-refractivity contribution >= 4 is 33.1 Å². The molecule has 0 aliphatic carbocycles. The Balaban J connectivity index is 1.72. The molecule has 3 aromatic carbocycles. The van der Waals surface area contributed by atoms with Gasteiger partial charge in [0.25, 0.3) is 10.0 Å². The molecular formula is C25H24N2O4S. The molecule has 1 aliphatic heterocycles. The summed E-state index contributed by atoms with van der Waals surface area (Å²) in [6.07, 6.45) is 0.658. The van der Waals surface area contributed by atoms with Gasteiger partial charge in [-0.15, -0.1) is 0 Å². The highest BCUT2D eigenvalue weighted by Crippen LogP contribution is 2.38. The summed E-state index contributed by atoms with van der Waals surface area (Å²) in [6, 6.07) is 20.9. The van der Waals surface area contributed by atoms with Crippen LogP contribution in [0.3, 0.4) is 0 Å². The number of methoxy groups -OCH3 is 1. The zero-order chi connectivity index (χ0) is 22.9. The third-order valence-corrected chi connectivity index (χ3v) is 6.83. The standard InChI is InChI=1S/C25H24N2O4S/c1-25(2)16-19-14-18(24(28)31-3)12-13-22(19)26-23(25)17-8-7-11-21(15-17)32(29,30)27-20-9-5-4-6-10-20/h4-15,27H,16H2,1-3H3. The predicted molar refractivity (Wildman–Crippen MR) is 125 cm³/mol. The lowest BCUT2D eigenvalue weighted by Crippen LogP contribution is -2.30. The molecule has 0 atom stereocenters. The molecule has 0 amide bonds. The molecule has 0 radical (unpaired) electrons. The van der Waals surface area contributed by atoms with Gasteiger partial charge in [-0.1, -0.05) is 44.2 Å². The molecule has 6 nitrogen and oxygen atoms in total. The minimum Gasteiger partial charge on any atom is -0.465 e. The quantitative estimate of drug-likeness (QED) is 0.558. The van der Waals surface area contributed by atoms with E-state index in [9.17, 15) is 13.2 Å². The molecule has 0 spiro atoms. The summed E-state index contributed by atoms with van der Waals surface area (Å²) in [5.74, 6) is -0.385. The van der Waals surface area contributed by atoms with E-state index in [4.69, 9.17) is 9.73 Å². The van der Waals surface area contributed by atoms with E-state index in [0.717, 1.165) is 22.5 Å². The fourth-order valence-electron chi connectivity index (χ4n) is 3.90. The first-order valence-electron chi connectivity index (χ1n) is 10.2. The van der Waals surface area contributed by atoms with Gasteiger partial charge in [0.1, 0.15) is 0 Å². The molecule has 1 heterocycles. The van der Waals surface area contributed by atoms with Crippen LogP contribution in [0.2, 0.25) is 0 Å². The van der Waals surface area contributed by atoms with Gasteiger partial charge in [0.2, 0.25) is 0 Å². The number of esters is 1. The van der Waals surface area contributed by atoms with Crippen molar-refractivity contribution in [2.24, 2.45) is 10.4 Å². The molecule has 0 saturated heterocycles. The molecule has 0 bridgehead atoms. The normalized spacial score (nSPS) is 14.8. The largest absolute Gasteiger partial charge is 0.465 e. The summed E-state index contributed by atoms with van der Waals surface area (Å²) in [7, 11) is -2.39. The van der Waals surface area contributed by atoms with E-state index in [0.29, 0.717) is 17.7 Å². The predicted octanol–water partition coefficient (Wildman–Crippen LogP) is 4.98. The van der Waals surface area contributed by atoms with Crippen molar-refractivity contribution in [3.8, 4) is 0 Å². The second-order valence-electron chi connectivity index (χ2n) is 8.36. The van der Waals surface area contributed by atoms with Crippen molar-refractivity contribution in [2.45, 2.75) is 25.2 Å². The highest BCUT2D eigenvalue weighted by atomic mass is 32.2. The minimum absolute atomic E-state index is 0.171. The first kappa shape index (κ1) is 21.8. The lowest BCUT2D eigenvalue weighted by Gasteiger charge is -2.32. The van der Waals surface area contributed by atoms with Gasteiger partial charge >= 0.3 is 5.97 Å². The molecule has 0 fully saturated rings. The number of nitrogens with zero attached hydrogens (tertiary/aromatic N) is 1. The van der Waals surface area contributed by atoms with Gasteiger partial charge in [0.05, 0.1) is 29.0 Å². The van der Waals surface area contributed by atoms with Crippen molar-refractivity contribution in [1.29, 1.82) is 0 Å². The van der Waals surface area contributed by atoms with E-state index in [-0.39, 0.29) is 16.3 Å². The Kier molecular flexibility index (Phi) is 5.60. The van der Waals surface area contributed by atoms with Gasteiger partial charge < -0.3 is 4.74 Å². The number of sulfonamides is 1. The molecule has 164 valence electrons. The van der Waals surface area contributed by atoms with Crippen LogP contribution in [-0.4, -0.2) is 27.2 Å². The maximum atomic E-state index is 12.9. The number of rotatable bonds is 5. The number of aliphatic imine (C=N–C) groups is 1. The van der Waals surface area contributed by atoms with Crippen molar-refractivity contribution in [3.63, 3.8) is 0 Å². The van der Waals surface area contributed by atoms with Crippen LogP contribution in [0, 0.1) is 5.41 Å². The Morgan fingerprint density at radius 1 is 1.00 bits per heavy atom. The molecule has 7 heteroatoms. The van der Waals surface area contributed by atoms with Gasteiger partial charge in [-0.2, -0.15) is 0 Å². The van der Waals surface area contributed by atoms with Crippen LogP contribution in [-0.2, 0) is 21.2 Å². The third-order valence-electron chi connectivity index (χ3n) is 5.45. The molecule has 1 aliphatic rings. The third kappa shape index (κ3) is 4.29. The Morgan fingerprint density at radius 2 is 1.75 bits per heavy atom. The number of carbonyl (C=O) groups excluding carboxylic acids is 1. The molecule has 0 aromatic heterocycles. The van der Waals surface area contributed by atoms with Crippen LogP contribution in [0.25, 0.3) is 0 Å². The Bertz CT molecular complexity index is 1310. The van der Waals surface area contributed by atoms with Gasteiger partial charge in [0.15, 0.2) is 0 Å². The van der Waals surface area contributed by atoms with Gasteiger partial charge in [-0.3, -0.25) is 9.71 Å². The highest BCUT2D eigenvalue weighted by molar-refractivity contribution is 7.92. The molecule has 0 unspecified atom stereocenters. The topological polar surface area (TPSA) is 84.8 Å². The number of para-hydroxylation sites is 1. The van der Waals surface area contributed by atoms with Crippen LogP contribution >= 0.6 is 0 Å². The SMILES string of the molecule is COC(=O)c1ccc2c(c1)CC(C)(C)C(c1cccc(S(=O)(=O)Nc3ccccc3)c1)=N2. The first-order valence-corrected chi connectivity index (χ1v) is 11.7. The second-order valence-corrected chi connectivity index (χ2v) is 10.0. The average Bonchev–Trinajstić information content (AvgIpc) is 2.77. The maximum Gasteiger partial charge on any atom is 0.337 e. The summed E-state index contributed by atoms with van der Waals surface area (Å²) in [6.45, 7) is 4.12. The van der Waals surface area contributed by atoms with E-state index in [1.807, 2.05) is 18.2 Å². The van der Waals surface area contributed by atoms with Crippen molar-refractivity contribution in [2.75, 3.05) is 11.8 Å². The summed E-state index contributed by atoms with van der Waals surface area (Å²) in [4.78, 5) is 16.9. The van der Waals surface area contributed by atoms with Crippen LogP contribution in [0.15, 0.2) is 82.7 Å². The number of carbonyl (C=O) groups is 1. The smallest absolute Gasteiger partial charge is 0.337 e. The van der Waals surface area contributed by atoms with Gasteiger partial charge in [-0.05, 0) is 60.0 Å². The van der Waals surface area contributed by atoms with E-state index in [1.54, 1.807) is 54.6 Å². The molecule has 0 saturated carbocycles. The molecule has 4 rings (SSSR count). The summed E-state index contributed by atoms with van der Waals surface area (Å²) < 4.78 is 33.3. The maximum absolute atomic E-state index is 12.9. The van der Waals surface area contributed by atoms with E-state index in [2.05, 4.69) is 18.6 Å². The monoisotopic (exact) mass is 448 g/mol. The van der Waals surface area contributed by atoms with Gasteiger partial charge in [-0.25, -0.2) is 13.2 Å². The minimum atomic E-state index is -3.75. The molecule has 32 heavy (non-hydrogen) atoms. The van der Waals surface area contributed by atoms with E-state index < -0.39 is 10.0 Å². The Morgan fingerprint density at radius 3 is 2.47 bits per heavy atom. The summed E-state index contributed by atoms with van der Waals surface area (Å²) >= 11 is 0. The Hall–Kier alpha value is -3.45. The number of hydrogen-bond donors (Lipinski definition) is 1.